The zero-order chi connectivity index (χ0) is 25.0. The summed E-state index contributed by atoms with van der Waals surface area (Å²) in [5.74, 6) is 3.13. The summed E-state index contributed by atoms with van der Waals surface area (Å²) in [4.78, 5) is 27.5. The average molecular weight is 484 g/mol. The molecule has 5 rings (SSSR count). The second-order valence-corrected chi connectivity index (χ2v) is 14.2. The molecule has 0 aromatic heterocycles. The second-order valence-electron chi connectivity index (χ2n) is 14.2. The molecule has 7 atom stereocenters. The first-order valence-electron chi connectivity index (χ1n) is 14.7. The van der Waals surface area contributed by atoms with Gasteiger partial charge in [-0.2, -0.15) is 0 Å². The van der Waals surface area contributed by atoms with Gasteiger partial charge in [0.1, 0.15) is 6.10 Å². The summed E-state index contributed by atoms with van der Waals surface area (Å²) < 4.78 is 6.08. The number of fused-ring (bicyclic) bond motifs is 5. The molecule has 4 fully saturated rings. The van der Waals surface area contributed by atoms with Gasteiger partial charge in [-0.3, -0.25) is 9.59 Å². The van der Waals surface area contributed by atoms with Gasteiger partial charge in [-0.15, -0.1) is 0 Å². The average Bonchev–Trinajstić information content (AvgIpc) is 3.15. The van der Waals surface area contributed by atoms with Gasteiger partial charge < -0.3 is 9.64 Å². The summed E-state index contributed by atoms with van der Waals surface area (Å²) >= 11 is 0. The highest BCUT2D eigenvalue weighted by molar-refractivity contribution is 5.95. The summed E-state index contributed by atoms with van der Waals surface area (Å²) in [6, 6.07) is 0. The summed E-state index contributed by atoms with van der Waals surface area (Å²) in [7, 11) is 0. The predicted octanol–water partition coefficient (Wildman–Crippen LogP) is 6.58. The lowest BCUT2D eigenvalue weighted by Crippen LogP contribution is -2.54. The minimum absolute atomic E-state index is 0.0119. The van der Waals surface area contributed by atoms with Crippen LogP contribution in [0.3, 0.4) is 0 Å². The largest absolute Gasteiger partial charge is 0.462 e. The van der Waals surface area contributed by atoms with Gasteiger partial charge in [0, 0.05) is 13.1 Å². The molecule has 0 N–H and O–H groups in total. The number of allylic oxidation sites excluding steroid dienone is 2. The standard InChI is InChI=1S/C31H49NO3/c1-21(33)25-9-10-26-24-8-7-22-19-23(11-15-30(22,4)27(24)12-16-31(25,26)5)35-28(34)13-18-32-17-6-14-29(2,3)20-32/h9,22-24,26-27H,6-8,10-20H2,1-5H3/t22-,23?,24?,26?,27?,30?,31?/m0/s1. The zero-order valence-electron chi connectivity index (χ0n) is 23.0. The molecule has 6 unspecified atom stereocenters. The monoisotopic (exact) mass is 483 g/mol. The number of ether oxygens (including phenoxy) is 1. The first-order valence-corrected chi connectivity index (χ1v) is 14.7. The van der Waals surface area contributed by atoms with Gasteiger partial charge in [0.15, 0.2) is 5.78 Å². The lowest BCUT2D eigenvalue weighted by Gasteiger charge is -2.60. The number of Topliss-reactive ketones (excluding diaryl/α,β-unsaturated/α-hetero) is 1. The third-order valence-corrected chi connectivity index (χ3v) is 11.5. The molecular formula is C31H49NO3. The number of carbonyl (C=O) groups excluding carboxylic acids is 2. The third-order valence-electron chi connectivity index (χ3n) is 11.5. The van der Waals surface area contributed by atoms with Crippen molar-refractivity contribution < 1.29 is 14.3 Å². The summed E-state index contributed by atoms with van der Waals surface area (Å²) in [5, 5.41) is 0. The number of carbonyl (C=O) groups is 2. The van der Waals surface area contributed by atoms with Crippen LogP contribution in [0.25, 0.3) is 0 Å². The molecule has 1 heterocycles. The molecule has 5 aliphatic rings. The normalized spacial score (nSPS) is 42.9. The maximum atomic E-state index is 12.7. The lowest BCUT2D eigenvalue weighted by atomic mass is 9.44. The number of esters is 1. The number of ketones is 1. The van der Waals surface area contributed by atoms with Crippen LogP contribution in [0.5, 0.6) is 0 Å². The highest BCUT2D eigenvalue weighted by Crippen LogP contribution is 2.66. The topological polar surface area (TPSA) is 46.6 Å². The minimum Gasteiger partial charge on any atom is -0.462 e. The van der Waals surface area contributed by atoms with Crippen LogP contribution >= 0.6 is 0 Å². The zero-order valence-corrected chi connectivity index (χ0v) is 23.0. The number of piperidine rings is 1. The first kappa shape index (κ1) is 25.5. The van der Waals surface area contributed by atoms with E-state index in [-0.39, 0.29) is 17.5 Å². The summed E-state index contributed by atoms with van der Waals surface area (Å²) in [6.07, 6.45) is 14.8. The van der Waals surface area contributed by atoms with Gasteiger partial charge in [0.2, 0.25) is 0 Å². The van der Waals surface area contributed by atoms with E-state index in [0.717, 1.165) is 62.7 Å². The van der Waals surface area contributed by atoms with Gasteiger partial charge in [-0.25, -0.2) is 0 Å². The molecule has 0 spiro atoms. The van der Waals surface area contributed by atoms with E-state index in [9.17, 15) is 9.59 Å². The fraction of sp³-hybridized carbons (Fsp3) is 0.871. The fourth-order valence-electron chi connectivity index (χ4n) is 9.67. The van der Waals surface area contributed by atoms with Crippen LogP contribution in [-0.2, 0) is 14.3 Å². The quantitative estimate of drug-likeness (QED) is 0.415. The van der Waals surface area contributed by atoms with Gasteiger partial charge in [0.25, 0.3) is 0 Å². The Morgan fingerprint density at radius 1 is 1.03 bits per heavy atom. The van der Waals surface area contributed by atoms with Gasteiger partial charge in [0.05, 0.1) is 6.42 Å². The maximum absolute atomic E-state index is 12.7. The van der Waals surface area contributed by atoms with Gasteiger partial charge >= 0.3 is 5.97 Å². The van der Waals surface area contributed by atoms with Crippen LogP contribution < -0.4 is 0 Å². The number of hydrogen-bond acceptors (Lipinski definition) is 4. The van der Waals surface area contributed by atoms with Gasteiger partial charge in [-0.05, 0) is 123 Å². The van der Waals surface area contributed by atoms with E-state index >= 15 is 0 Å². The summed E-state index contributed by atoms with van der Waals surface area (Å²) in [6.45, 7) is 14.4. The highest BCUT2D eigenvalue weighted by Gasteiger charge is 2.59. The molecule has 196 valence electrons. The molecule has 0 aromatic carbocycles. The van der Waals surface area contributed by atoms with Crippen LogP contribution in [0.1, 0.15) is 105 Å². The maximum Gasteiger partial charge on any atom is 0.307 e. The molecule has 1 aliphatic heterocycles. The molecule has 4 nitrogen and oxygen atoms in total. The van der Waals surface area contributed by atoms with E-state index in [0.29, 0.717) is 34.9 Å². The molecular weight excluding hydrogens is 434 g/mol. The van der Waals surface area contributed by atoms with Crippen LogP contribution in [0.15, 0.2) is 11.6 Å². The highest BCUT2D eigenvalue weighted by atomic mass is 16.5. The van der Waals surface area contributed by atoms with E-state index in [4.69, 9.17) is 4.74 Å². The number of rotatable bonds is 5. The Hall–Kier alpha value is -1.16. The Bertz CT molecular complexity index is 876. The number of likely N-dealkylation sites (tertiary alicyclic amines) is 1. The van der Waals surface area contributed by atoms with E-state index in [1.165, 1.54) is 38.5 Å². The number of hydrogen-bond donors (Lipinski definition) is 0. The van der Waals surface area contributed by atoms with Crippen molar-refractivity contribution in [3.63, 3.8) is 0 Å². The van der Waals surface area contributed by atoms with E-state index in [1.54, 1.807) is 6.92 Å². The van der Waals surface area contributed by atoms with Crippen molar-refractivity contribution in [2.75, 3.05) is 19.6 Å². The Morgan fingerprint density at radius 2 is 1.83 bits per heavy atom. The molecule has 3 saturated carbocycles. The van der Waals surface area contributed by atoms with Crippen molar-refractivity contribution in [3.8, 4) is 0 Å². The summed E-state index contributed by atoms with van der Waals surface area (Å²) in [5.41, 5.74) is 1.96. The Balaban J connectivity index is 1.16. The molecule has 0 radical (unpaired) electrons. The van der Waals surface area contributed by atoms with Crippen molar-refractivity contribution in [3.05, 3.63) is 11.6 Å². The first-order chi connectivity index (χ1) is 16.5. The third kappa shape index (κ3) is 4.66. The Kier molecular flexibility index (Phi) is 6.77. The number of nitrogens with zero attached hydrogens (tertiary/aromatic N) is 1. The molecule has 35 heavy (non-hydrogen) atoms. The van der Waals surface area contributed by atoms with Crippen molar-refractivity contribution >= 4 is 11.8 Å². The molecule has 0 amide bonds. The minimum atomic E-state index is 0.0119. The van der Waals surface area contributed by atoms with Crippen LogP contribution in [0.2, 0.25) is 0 Å². The van der Waals surface area contributed by atoms with E-state index < -0.39 is 0 Å². The van der Waals surface area contributed by atoms with E-state index in [2.05, 4.69) is 38.7 Å². The second kappa shape index (κ2) is 9.30. The van der Waals surface area contributed by atoms with Gasteiger partial charge in [-0.1, -0.05) is 33.8 Å². The fourth-order valence-corrected chi connectivity index (χ4v) is 9.67. The Morgan fingerprint density at radius 3 is 2.57 bits per heavy atom. The molecule has 4 heteroatoms. The Labute approximate surface area is 213 Å². The van der Waals surface area contributed by atoms with Crippen LogP contribution in [-0.4, -0.2) is 42.4 Å². The van der Waals surface area contributed by atoms with Crippen molar-refractivity contribution in [2.24, 2.45) is 39.9 Å². The van der Waals surface area contributed by atoms with Crippen molar-refractivity contribution in [2.45, 2.75) is 111 Å². The molecule has 1 saturated heterocycles. The van der Waals surface area contributed by atoms with Crippen LogP contribution in [0, 0.1) is 39.9 Å². The smallest absolute Gasteiger partial charge is 0.307 e. The van der Waals surface area contributed by atoms with Crippen molar-refractivity contribution in [1.82, 2.24) is 4.90 Å². The van der Waals surface area contributed by atoms with Crippen LogP contribution in [0.4, 0.5) is 0 Å². The van der Waals surface area contributed by atoms with Crippen molar-refractivity contribution in [1.29, 1.82) is 0 Å². The van der Waals surface area contributed by atoms with E-state index in [1.807, 2.05) is 0 Å². The molecule has 0 bridgehead atoms. The lowest BCUT2D eigenvalue weighted by molar-refractivity contribution is -0.161. The molecule has 0 aromatic rings. The molecule has 4 aliphatic carbocycles. The SMILES string of the molecule is CC(=O)C1=CCC2C3CC[C@H]4CC(OC(=O)CCN5CCCC(C)(C)C5)CCC4(C)C3CCC12C. The predicted molar refractivity (Wildman–Crippen MR) is 140 cm³/mol.